The minimum Gasteiger partial charge on any atom is -0.481 e. The number of carbonyl (C=O) groups is 2. The number of aliphatic carboxylic acids is 1. The van der Waals surface area contributed by atoms with E-state index in [1.165, 1.54) is 0 Å². The number of rotatable bonds is 8. The summed E-state index contributed by atoms with van der Waals surface area (Å²) in [6.07, 6.45) is 1.85. The van der Waals surface area contributed by atoms with Crippen molar-refractivity contribution < 1.29 is 24.2 Å². The standard InChI is InChI=1S/C12H17NO5/c14-8-9(6-10-2-1-5-18-10)7-13-11(15)3-4-12(16)17/h1-2,5,9,14H,3-4,6-8H2,(H,13,15)(H,16,17). The molecule has 1 amide bonds. The monoisotopic (exact) mass is 255 g/mol. The summed E-state index contributed by atoms with van der Waals surface area (Å²) in [5.41, 5.74) is 0. The van der Waals surface area contributed by atoms with E-state index in [1.807, 2.05) is 0 Å². The maximum Gasteiger partial charge on any atom is 0.303 e. The van der Waals surface area contributed by atoms with E-state index in [4.69, 9.17) is 14.6 Å². The van der Waals surface area contributed by atoms with Gasteiger partial charge in [-0.25, -0.2) is 0 Å². The number of aliphatic hydroxyl groups excluding tert-OH is 1. The van der Waals surface area contributed by atoms with Gasteiger partial charge in [0.15, 0.2) is 0 Å². The van der Waals surface area contributed by atoms with Crippen LogP contribution < -0.4 is 5.32 Å². The van der Waals surface area contributed by atoms with Crippen molar-refractivity contribution in [3.63, 3.8) is 0 Å². The maximum absolute atomic E-state index is 11.3. The Labute approximate surface area is 105 Å². The van der Waals surface area contributed by atoms with Gasteiger partial charge in [-0.15, -0.1) is 0 Å². The van der Waals surface area contributed by atoms with Gasteiger partial charge in [0.25, 0.3) is 0 Å². The Morgan fingerprint density at radius 3 is 2.72 bits per heavy atom. The summed E-state index contributed by atoms with van der Waals surface area (Å²) in [4.78, 5) is 21.6. The first kappa shape index (κ1) is 14.2. The van der Waals surface area contributed by atoms with Crippen LogP contribution in [0.1, 0.15) is 18.6 Å². The summed E-state index contributed by atoms with van der Waals surface area (Å²) >= 11 is 0. The number of carboxylic acids is 1. The molecule has 0 spiro atoms. The number of hydrogen-bond acceptors (Lipinski definition) is 4. The summed E-state index contributed by atoms with van der Waals surface area (Å²) in [5, 5.41) is 20.2. The molecule has 0 saturated carbocycles. The van der Waals surface area contributed by atoms with E-state index in [9.17, 15) is 9.59 Å². The van der Waals surface area contributed by atoms with Gasteiger partial charge in [-0.2, -0.15) is 0 Å². The number of carbonyl (C=O) groups excluding carboxylic acids is 1. The Bertz CT molecular complexity index is 374. The highest BCUT2D eigenvalue weighted by molar-refractivity contribution is 5.80. The van der Waals surface area contributed by atoms with E-state index in [2.05, 4.69) is 5.32 Å². The normalized spacial score (nSPS) is 12.1. The summed E-state index contributed by atoms with van der Waals surface area (Å²) in [5.74, 6) is -0.714. The SMILES string of the molecule is O=C(O)CCC(=O)NCC(CO)Cc1ccco1. The molecule has 0 saturated heterocycles. The molecule has 1 atom stereocenters. The van der Waals surface area contributed by atoms with Gasteiger partial charge in [0.2, 0.25) is 5.91 Å². The lowest BCUT2D eigenvalue weighted by Crippen LogP contribution is -2.31. The number of furan rings is 1. The zero-order chi connectivity index (χ0) is 13.4. The quantitative estimate of drug-likeness (QED) is 0.624. The molecule has 1 unspecified atom stereocenters. The Morgan fingerprint density at radius 1 is 1.39 bits per heavy atom. The molecular weight excluding hydrogens is 238 g/mol. The van der Waals surface area contributed by atoms with Crippen molar-refractivity contribution in [1.29, 1.82) is 0 Å². The fourth-order valence-corrected chi connectivity index (χ4v) is 1.48. The minimum atomic E-state index is -1.00. The molecule has 6 heteroatoms. The number of carboxylic acid groups (broad SMARTS) is 1. The van der Waals surface area contributed by atoms with Crippen LogP contribution in [0, 0.1) is 5.92 Å². The molecule has 0 aliphatic rings. The zero-order valence-corrected chi connectivity index (χ0v) is 9.96. The van der Waals surface area contributed by atoms with Crippen LogP contribution in [0.5, 0.6) is 0 Å². The molecule has 1 aromatic rings. The summed E-state index contributed by atoms with van der Waals surface area (Å²) in [6, 6.07) is 3.56. The van der Waals surface area contributed by atoms with Crippen LogP contribution in [-0.4, -0.2) is 35.2 Å². The van der Waals surface area contributed by atoms with Crippen LogP contribution in [0.15, 0.2) is 22.8 Å². The molecular formula is C12H17NO5. The van der Waals surface area contributed by atoms with Gasteiger partial charge in [0.05, 0.1) is 12.7 Å². The van der Waals surface area contributed by atoms with Crippen molar-refractivity contribution in [1.82, 2.24) is 5.32 Å². The molecule has 0 fully saturated rings. The molecule has 100 valence electrons. The molecule has 0 bridgehead atoms. The largest absolute Gasteiger partial charge is 0.481 e. The van der Waals surface area contributed by atoms with Crippen molar-refractivity contribution in [3.05, 3.63) is 24.2 Å². The van der Waals surface area contributed by atoms with Gasteiger partial charge >= 0.3 is 5.97 Å². The molecule has 3 N–H and O–H groups in total. The number of amides is 1. The average Bonchev–Trinajstić information content (AvgIpc) is 2.84. The predicted octanol–water partition coefficient (Wildman–Crippen LogP) is 0.412. The topological polar surface area (TPSA) is 99.8 Å². The van der Waals surface area contributed by atoms with Crippen molar-refractivity contribution in [2.45, 2.75) is 19.3 Å². The highest BCUT2D eigenvalue weighted by Crippen LogP contribution is 2.08. The smallest absolute Gasteiger partial charge is 0.303 e. The van der Waals surface area contributed by atoms with Gasteiger partial charge in [-0.1, -0.05) is 0 Å². The Morgan fingerprint density at radius 2 is 2.17 bits per heavy atom. The van der Waals surface area contributed by atoms with Crippen LogP contribution in [0.25, 0.3) is 0 Å². The first-order valence-corrected chi connectivity index (χ1v) is 5.73. The Balaban J connectivity index is 2.26. The van der Waals surface area contributed by atoms with Gasteiger partial charge in [-0.3, -0.25) is 9.59 Å². The molecule has 18 heavy (non-hydrogen) atoms. The van der Waals surface area contributed by atoms with Crippen LogP contribution in [0.2, 0.25) is 0 Å². The van der Waals surface area contributed by atoms with Crippen LogP contribution in [-0.2, 0) is 16.0 Å². The Kier molecular flexibility index (Phi) is 5.93. The van der Waals surface area contributed by atoms with Gasteiger partial charge < -0.3 is 19.9 Å². The van der Waals surface area contributed by atoms with E-state index in [1.54, 1.807) is 18.4 Å². The first-order valence-electron chi connectivity index (χ1n) is 5.73. The molecule has 0 aliphatic carbocycles. The number of hydrogen-bond donors (Lipinski definition) is 3. The van der Waals surface area contributed by atoms with E-state index in [-0.39, 0.29) is 31.3 Å². The lowest BCUT2D eigenvalue weighted by Gasteiger charge is -2.13. The van der Waals surface area contributed by atoms with Gasteiger partial charge in [0, 0.05) is 31.9 Å². The average molecular weight is 255 g/mol. The molecule has 6 nitrogen and oxygen atoms in total. The van der Waals surface area contributed by atoms with E-state index in [0.717, 1.165) is 5.76 Å². The fraction of sp³-hybridized carbons (Fsp3) is 0.500. The maximum atomic E-state index is 11.3. The van der Waals surface area contributed by atoms with E-state index >= 15 is 0 Å². The lowest BCUT2D eigenvalue weighted by atomic mass is 10.1. The highest BCUT2D eigenvalue weighted by Gasteiger charge is 2.12. The zero-order valence-electron chi connectivity index (χ0n) is 9.96. The van der Waals surface area contributed by atoms with Crippen molar-refractivity contribution in [3.8, 4) is 0 Å². The summed E-state index contributed by atoms with van der Waals surface area (Å²) in [6.45, 7) is 0.232. The lowest BCUT2D eigenvalue weighted by molar-refractivity contribution is -0.138. The van der Waals surface area contributed by atoms with Gasteiger partial charge in [0.1, 0.15) is 5.76 Å². The molecule has 0 aromatic carbocycles. The van der Waals surface area contributed by atoms with Crippen molar-refractivity contribution in [2.75, 3.05) is 13.2 Å². The molecule has 1 aromatic heterocycles. The fourth-order valence-electron chi connectivity index (χ4n) is 1.48. The van der Waals surface area contributed by atoms with Crippen molar-refractivity contribution >= 4 is 11.9 Å². The molecule has 1 rings (SSSR count). The third-order valence-corrected chi connectivity index (χ3v) is 2.48. The molecule has 0 radical (unpaired) electrons. The second kappa shape index (κ2) is 7.50. The Hall–Kier alpha value is -1.82. The molecule has 1 heterocycles. The second-order valence-electron chi connectivity index (χ2n) is 4.03. The third kappa shape index (κ3) is 5.49. The van der Waals surface area contributed by atoms with Gasteiger partial charge in [-0.05, 0) is 12.1 Å². The van der Waals surface area contributed by atoms with E-state index in [0.29, 0.717) is 13.0 Å². The number of nitrogens with one attached hydrogen (secondary N) is 1. The minimum absolute atomic E-state index is 0.0474. The van der Waals surface area contributed by atoms with E-state index < -0.39 is 5.97 Å². The van der Waals surface area contributed by atoms with Crippen molar-refractivity contribution in [2.24, 2.45) is 5.92 Å². The highest BCUT2D eigenvalue weighted by atomic mass is 16.4. The predicted molar refractivity (Wildman–Crippen MR) is 62.9 cm³/mol. The first-order chi connectivity index (χ1) is 8.61. The van der Waals surface area contributed by atoms with Crippen LogP contribution in [0.3, 0.4) is 0 Å². The molecule has 0 aliphatic heterocycles. The second-order valence-corrected chi connectivity index (χ2v) is 4.03. The van der Waals surface area contributed by atoms with Crippen LogP contribution >= 0.6 is 0 Å². The summed E-state index contributed by atoms with van der Waals surface area (Å²) < 4.78 is 5.15. The summed E-state index contributed by atoms with van der Waals surface area (Å²) in [7, 11) is 0. The number of aliphatic hydroxyl groups is 1. The third-order valence-electron chi connectivity index (χ3n) is 2.48. The van der Waals surface area contributed by atoms with Crippen LogP contribution in [0.4, 0.5) is 0 Å².